The molecule has 0 unspecified atom stereocenters. The summed E-state index contributed by atoms with van der Waals surface area (Å²) >= 11 is 0. The van der Waals surface area contributed by atoms with Crippen molar-refractivity contribution in [1.29, 1.82) is 0 Å². The van der Waals surface area contributed by atoms with Gasteiger partial charge in [-0.25, -0.2) is 0 Å². The summed E-state index contributed by atoms with van der Waals surface area (Å²) in [5.41, 5.74) is 3.96. The molecule has 1 aromatic heterocycles. The predicted molar refractivity (Wildman–Crippen MR) is 126 cm³/mol. The third-order valence-electron chi connectivity index (χ3n) is 6.58. The first-order valence-electron chi connectivity index (χ1n) is 11.7. The lowest BCUT2D eigenvalue weighted by Gasteiger charge is -2.35. The number of pyridine rings is 1. The summed E-state index contributed by atoms with van der Waals surface area (Å²) in [4.78, 5) is 34.7. The monoisotopic (exact) mass is 427 g/mol. The first kappa shape index (κ1) is 20.7. The fourth-order valence-corrected chi connectivity index (χ4v) is 4.54. The molecule has 5 heteroatoms. The van der Waals surface area contributed by atoms with Gasteiger partial charge in [-0.3, -0.25) is 14.6 Å². The minimum Gasteiger partial charge on any atom is -0.339 e. The molecule has 0 atom stereocenters. The average molecular weight is 428 g/mol. The molecule has 1 aliphatic carbocycles. The van der Waals surface area contributed by atoms with Gasteiger partial charge in [0.2, 0.25) is 5.91 Å². The molecule has 5 rings (SSSR count). The number of benzene rings is 2. The molecule has 0 bridgehead atoms. The topological polar surface area (TPSA) is 53.5 Å². The van der Waals surface area contributed by atoms with E-state index in [1.54, 1.807) is 0 Å². The molecule has 2 amide bonds. The minimum atomic E-state index is 0.0571. The van der Waals surface area contributed by atoms with Crippen molar-refractivity contribution in [1.82, 2.24) is 14.8 Å². The van der Waals surface area contributed by atoms with Crippen LogP contribution in [0.15, 0.2) is 60.7 Å². The van der Waals surface area contributed by atoms with Gasteiger partial charge in [0, 0.05) is 49.6 Å². The van der Waals surface area contributed by atoms with E-state index in [1.165, 1.54) is 5.56 Å². The second kappa shape index (κ2) is 9.11. The van der Waals surface area contributed by atoms with Crippen LogP contribution in [0.1, 0.15) is 53.2 Å². The number of piperazine rings is 1. The Balaban J connectivity index is 1.20. The minimum absolute atomic E-state index is 0.0571. The zero-order chi connectivity index (χ0) is 21.9. The van der Waals surface area contributed by atoms with Gasteiger partial charge in [0.1, 0.15) is 0 Å². The van der Waals surface area contributed by atoms with Gasteiger partial charge in [0.15, 0.2) is 0 Å². The van der Waals surface area contributed by atoms with Crippen molar-refractivity contribution >= 4 is 22.7 Å². The van der Waals surface area contributed by atoms with Crippen LogP contribution in [0.4, 0.5) is 0 Å². The van der Waals surface area contributed by atoms with Gasteiger partial charge >= 0.3 is 0 Å². The van der Waals surface area contributed by atoms with Crippen LogP contribution in [0.2, 0.25) is 0 Å². The Morgan fingerprint density at radius 1 is 0.875 bits per heavy atom. The molecule has 2 aromatic carbocycles. The van der Waals surface area contributed by atoms with Crippen LogP contribution in [0.3, 0.4) is 0 Å². The summed E-state index contributed by atoms with van der Waals surface area (Å²) in [5, 5.41) is 0.918. The number of rotatable bonds is 6. The van der Waals surface area contributed by atoms with Crippen molar-refractivity contribution in [2.75, 3.05) is 26.2 Å². The summed E-state index contributed by atoms with van der Waals surface area (Å²) in [6.07, 6.45) is 4.65. The van der Waals surface area contributed by atoms with Crippen molar-refractivity contribution in [2.24, 2.45) is 0 Å². The first-order chi connectivity index (χ1) is 15.7. The van der Waals surface area contributed by atoms with Gasteiger partial charge in [-0.1, -0.05) is 48.5 Å². The standard InChI is InChI=1S/C27H29N3O2/c31-26(12-6-9-20-7-2-1-3-8-20)29-15-17-30(18-16-29)27(32)23-19-25(21-13-14-21)28-24-11-5-4-10-22(23)24/h1-5,7-8,10-11,19,21H,6,9,12-18H2. The first-order valence-corrected chi connectivity index (χ1v) is 11.7. The Morgan fingerprint density at radius 2 is 1.56 bits per heavy atom. The molecule has 0 N–H and O–H groups in total. The molecule has 1 saturated heterocycles. The Labute approximate surface area is 189 Å². The second-order valence-electron chi connectivity index (χ2n) is 8.90. The maximum atomic E-state index is 13.4. The Bertz CT molecular complexity index is 1120. The highest BCUT2D eigenvalue weighted by Gasteiger charge is 2.29. The molecule has 164 valence electrons. The number of hydrogen-bond acceptors (Lipinski definition) is 3. The Morgan fingerprint density at radius 3 is 2.31 bits per heavy atom. The molecule has 5 nitrogen and oxygen atoms in total. The Hall–Kier alpha value is -3.21. The highest BCUT2D eigenvalue weighted by molar-refractivity contribution is 6.06. The van der Waals surface area contributed by atoms with Crippen molar-refractivity contribution in [3.05, 3.63) is 77.5 Å². The summed E-state index contributed by atoms with van der Waals surface area (Å²) in [6.45, 7) is 2.38. The number of fused-ring (bicyclic) bond motifs is 1. The van der Waals surface area contributed by atoms with E-state index < -0.39 is 0 Å². The summed E-state index contributed by atoms with van der Waals surface area (Å²) in [7, 11) is 0. The van der Waals surface area contributed by atoms with Gasteiger partial charge in [0.25, 0.3) is 5.91 Å². The molecule has 2 fully saturated rings. The molecule has 2 heterocycles. The van der Waals surface area contributed by atoms with E-state index in [4.69, 9.17) is 4.98 Å². The number of aryl methyl sites for hydroxylation is 1. The molecule has 3 aromatic rings. The van der Waals surface area contributed by atoms with Gasteiger partial charge in [0.05, 0.1) is 11.1 Å². The number of nitrogens with zero attached hydrogens (tertiary/aromatic N) is 3. The highest BCUT2D eigenvalue weighted by atomic mass is 16.2. The fourth-order valence-electron chi connectivity index (χ4n) is 4.54. The van der Waals surface area contributed by atoms with Gasteiger partial charge in [-0.2, -0.15) is 0 Å². The normalized spacial score (nSPS) is 16.4. The van der Waals surface area contributed by atoms with Gasteiger partial charge in [-0.05, 0) is 43.4 Å². The van der Waals surface area contributed by atoms with Crippen LogP contribution in [0.5, 0.6) is 0 Å². The van der Waals surface area contributed by atoms with E-state index in [0.29, 0.717) is 38.5 Å². The number of amides is 2. The molecule has 2 aliphatic rings. The zero-order valence-electron chi connectivity index (χ0n) is 18.4. The summed E-state index contributed by atoms with van der Waals surface area (Å²) < 4.78 is 0. The third-order valence-corrected chi connectivity index (χ3v) is 6.58. The molecule has 0 spiro atoms. The van der Waals surface area contributed by atoms with E-state index in [1.807, 2.05) is 58.3 Å². The number of hydrogen-bond donors (Lipinski definition) is 0. The molecule has 32 heavy (non-hydrogen) atoms. The average Bonchev–Trinajstić information content (AvgIpc) is 3.69. The molecular formula is C27H29N3O2. The lowest BCUT2D eigenvalue weighted by molar-refractivity contribution is -0.132. The van der Waals surface area contributed by atoms with Crippen molar-refractivity contribution < 1.29 is 9.59 Å². The van der Waals surface area contributed by atoms with Crippen LogP contribution in [-0.4, -0.2) is 52.8 Å². The maximum absolute atomic E-state index is 13.4. The van der Waals surface area contributed by atoms with Crippen LogP contribution in [-0.2, 0) is 11.2 Å². The van der Waals surface area contributed by atoms with Crippen molar-refractivity contribution in [2.45, 2.75) is 38.0 Å². The number of carbonyl (C=O) groups is 2. The number of carbonyl (C=O) groups excluding carboxylic acids is 2. The van der Waals surface area contributed by atoms with Crippen LogP contribution in [0, 0.1) is 0 Å². The molecule has 0 radical (unpaired) electrons. The predicted octanol–water partition coefficient (Wildman–Crippen LogP) is 4.42. The van der Waals surface area contributed by atoms with Crippen molar-refractivity contribution in [3.8, 4) is 0 Å². The fraction of sp³-hybridized carbons (Fsp3) is 0.370. The van der Waals surface area contributed by atoms with Gasteiger partial charge < -0.3 is 9.80 Å². The van der Waals surface area contributed by atoms with E-state index in [2.05, 4.69) is 12.1 Å². The molecular weight excluding hydrogens is 398 g/mol. The van der Waals surface area contributed by atoms with E-state index >= 15 is 0 Å². The van der Waals surface area contributed by atoms with Crippen LogP contribution in [0.25, 0.3) is 10.9 Å². The molecule has 1 saturated carbocycles. The largest absolute Gasteiger partial charge is 0.339 e. The lowest BCUT2D eigenvalue weighted by atomic mass is 10.0. The smallest absolute Gasteiger partial charge is 0.254 e. The second-order valence-corrected chi connectivity index (χ2v) is 8.90. The summed E-state index contributed by atoms with van der Waals surface area (Å²) in [5.74, 6) is 0.747. The lowest BCUT2D eigenvalue weighted by Crippen LogP contribution is -2.50. The van der Waals surface area contributed by atoms with Crippen molar-refractivity contribution in [3.63, 3.8) is 0 Å². The maximum Gasteiger partial charge on any atom is 0.254 e. The van der Waals surface area contributed by atoms with E-state index in [-0.39, 0.29) is 11.8 Å². The Kier molecular flexibility index (Phi) is 5.89. The van der Waals surface area contributed by atoms with E-state index in [0.717, 1.165) is 47.8 Å². The zero-order valence-corrected chi connectivity index (χ0v) is 18.4. The van der Waals surface area contributed by atoms with Crippen LogP contribution < -0.4 is 0 Å². The SMILES string of the molecule is O=C(CCCc1ccccc1)N1CCN(C(=O)c2cc(C3CC3)nc3ccccc23)CC1. The number of para-hydroxylation sites is 1. The quantitative estimate of drug-likeness (QED) is 0.585. The number of aromatic nitrogens is 1. The highest BCUT2D eigenvalue weighted by Crippen LogP contribution is 2.40. The van der Waals surface area contributed by atoms with E-state index in [9.17, 15) is 9.59 Å². The molecule has 1 aliphatic heterocycles. The summed E-state index contributed by atoms with van der Waals surface area (Å²) in [6, 6.07) is 20.2. The van der Waals surface area contributed by atoms with Gasteiger partial charge in [-0.15, -0.1) is 0 Å². The third kappa shape index (κ3) is 4.52. The van der Waals surface area contributed by atoms with Crippen LogP contribution >= 0.6 is 0 Å².